The van der Waals surface area contributed by atoms with Crippen molar-refractivity contribution in [2.24, 2.45) is 5.73 Å². The molecule has 1 amide bonds. The Labute approximate surface area is 151 Å². The highest BCUT2D eigenvalue weighted by molar-refractivity contribution is 9.10. The summed E-state index contributed by atoms with van der Waals surface area (Å²) < 4.78 is 7.32. The standard InChI is InChI=1S/C16H15BrN6O2/c1-7-2-3-9(19)8(6-18)14(7)23-15(20)12(16(21)24)13(22-23)10-4-5-11(17)25-10/h2-6,18H,19-20H2,1H3,(H2,21,24). The van der Waals surface area contributed by atoms with Gasteiger partial charge in [0.05, 0.1) is 5.69 Å². The summed E-state index contributed by atoms with van der Waals surface area (Å²) in [6, 6.07) is 6.79. The zero-order valence-corrected chi connectivity index (χ0v) is 14.8. The lowest BCUT2D eigenvalue weighted by molar-refractivity contribution is 0.100. The molecule has 0 aliphatic rings. The Kier molecular flexibility index (Phi) is 4.09. The number of carbonyl (C=O) groups excluding carboxylic acids is 1. The number of nitrogens with one attached hydrogen (secondary N) is 1. The van der Waals surface area contributed by atoms with Crippen LogP contribution in [-0.4, -0.2) is 21.9 Å². The van der Waals surface area contributed by atoms with Crippen molar-refractivity contribution in [2.45, 2.75) is 6.92 Å². The average molecular weight is 403 g/mol. The fourth-order valence-electron chi connectivity index (χ4n) is 2.62. The fourth-order valence-corrected chi connectivity index (χ4v) is 2.93. The number of carbonyl (C=O) groups is 1. The molecule has 2 heterocycles. The molecule has 0 saturated heterocycles. The maximum Gasteiger partial charge on any atom is 0.254 e. The van der Waals surface area contributed by atoms with Crippen LogP contribution in [0.3, 0.4) is 0 Å². The minimum absolute atomic E-state index is 0.0413. The Bertz CT molecular complexity index is 1000. The summed E-state index contributed by atoms with van der Waals surface area (Å²) in [4.78, 5) is 11.9. The lowest BCUT2D eigenvalue weighted by Gasteiger charge is -2.13. The quantitative estimate of drug-likeness (QED) is 0.390. The third-order valence-electron chi connectivity index (χ3n) is 3.78. The van der Waals surface area contributed by atoms with Gasteiger partial charge in [-0.1, -0.05) is 6.07 Å². The number of hydrogen-bond donors (Lipinski definition) is 4. The molecule has 3 aromatic rings. The van der Waals surface area contributed by atoms with Crippen LogP contribution in [0.5, 0.6) is 0 Å². The van der Waals surface area contributed by atoms with Gasteiger partial charge in [-0.2, -0.15) is 5.10 Å². The van der Waals surface area contributed by atoms with Gasteiger partial charge in [-0.05, 0) is 46.6 Å². The number of anilines is 2. The predicted octanol–water partition coefficient (Wildman–Crippen LogP) is 2.46. The summed E-state index contributed by atoms with van der Waals surface area (Å²) in [6.45, 7) is 1.83. The topological polar surface area (TPSA) is 150 Å². The largest absolute Gasteiger partial charge is 0.448 e. The van der Waals surface area contributed by atoms with Crippen LogP contribution in [0.2, 0.25) is 0 Å². The number of amides is 1. The monoisotopic (exact) mass is 402 g/mol. The van der Waals surface area contributed by atoms with Gasteiger partial charge in [0.15, 0.2) is 10.4 Å². The molecule has 2 aromatic heterocycles. The number of halogens is 1. The van der Waals surface area contributed by atoms with Gasteiger partial charge < -0.3 is 27.0 Å². The third kappa shape index (κ3) is 2.68. The first-order valence-corrected chi connectivity index (χ1v) is 7.98. The lowest BCUT2D eigenvalue weighted by atomic mass is 10.1. The van der Waals surface area contributed by atoms with E-state index < -0.39 is 5.91 Å². The molecular formula is C16H15BrN6O2. The summed E-state index contributed by atoms with van der Waals surface area (Å²) in [7, 11) is 0. The molecule has 25 heavy (non-hydrogen) atoms. The van der Waals surface area contributed by atoms with E-state index in [0.29, 0.717) is 27.4 Å². The van der Waals surface area contributed by atoms with E-state index in [9.17, 15) is 4.79 Å². The molecule has 9 heteroatoms. The van der Waals surface area contributed by atoms with Gasteiger partial charge in [0.25, 0.3) is 5.91 Å². The van der Waals surface area contributed by atoms with Crippen molar-refractivity contribution in [1.82, 2.24) is 9.78 Å². The molecule has 8 nitrogen and oxygen atoms in total. The van der Waals surface area contributed by atoms with E-state index >= 15 is 0 Å². The number of furan rings is 1. The van der Waals surface area contributed by atoms with Crippen molar-refractivity contribution < 1.29 is 9.21 Å². The van der Waals surface area contributed by atoms with Crippen LogP contribution in [0.4, 0.5) is 11.5 Å². The van der Waals surface area contributed by atoms with Crippen LogP contribution in [0.15, 0.2) is 33.4 Å². The second-order valence-electron chi connectivity index (χ2n) is 5.37. The highest BCUT2D eigenvalue weighted by atomic mass is 79.9. The second-order valence-corrected chi connectivity index (χ2v) is 6.15. The van der Waals surface area contributed by atoms with Crippen molar-refractivity contribution in [1.29, 1.82) is 5.41 Å². The molecule has 1 aromatic carbocycles. The summed E-state index contributed by atoms with van der Waals surface area (Å²) in [5, 5.41) is 12.1. The van der Waals surface area contributed by atoms with E-state index in [0.717, 1.165) is 11.8 Å². The van der Waals surface area contributed by atoms with Crippen molar-refractivity contribution in [2.75, 3.05) is 11.5 Å². The van der Waals surface area contributed by atoms with Crippen LogP contribution in [0, 0.1) is 12.3 Å². The number of hydrogen-bond acceptors (Lipinski definition) is 6. The van der Waals surface area contributed by atoms with Gasteiger partial charge in [0.2, 0.25) is 0 Å². The number of nitrogens with two attached hydrogens (primary N) is 3. The molecule has 128 valence electrons. The van der Waals surface area contributed by atoms with E-state index in [2.05, 4.69) is 21.0 Å². The first-order chi connectivity index (χ1) is 11.8. The molecule has 0 atom stereocenters. The fraction of sp³-hybridized carbons (Fsp3) is 0.0625. The van der Waals surface area contributed by atoms with Crippen molar-refractivity contribution >= 4 is 39.6 Å². The Morgan fingerprint density at radius 3 is 2.60 bits per heavy atom. The van der Waals surface area contributed by atoms with E-state index in [1.165, 1.54) is 4.68 Å². The number of nitrogens with zero attached hydrogens (tertiary/aromatic N) is 2. The Morgan fingerprint density at radius 1 is 1.32 bits per heavy atom. The van der Waals surface area contributed by atoms with Gasteiger partial charge >= 0.3 is 0 Å². The molecule has 0 aliphatic heterocycles. The van der Waals surface area contributed by atoms with Crippen LogP contribution >= 0.6 is 15.9 Å². The molecule has 0 radical (unpaired) electrons. The molecule has 0 fully saturated rings. The molecule has 0 unspecified atom stereocenters. The number of rotatable bonds is 4. The molecule has 0 saturated carbocycles. The highest BCUT2D eigenvalue weighted by Crippen LogP contribution is 2.33. The number of aromatic nitrogens is 2. The Morgan fingerprint density at radius 2 is 2.04 bits per heavy atom. The summed E-state index contributed by atoms with van der Waals surface area (Å²) in [6.07, 6.45) is 1.12. The SMILES string of the molecule is Cc1ccc(N)c(C=N)c1-n1nc(-c2ccc(Br)o2)c(C(N)=O)c1N. The number of aryl methyl sites for hydroxylation is 1. The highest BCUT2D eigenvalue weighted by Gasteiger charge is 2.26. The smallest absolute Gasteiger partial charge is 0.254 e. The van der Waals surface area contributed by atoms with E-state index in [4.69, 9.17) is 27.0 Å². The molecule has 0 bridgehead atoms. The summed E-state index contributed by atoms with van der Waals surface area (Å²) in [5.41, 5.74) is 20.0. The van der Waals surface area contributed by atoms with Crippen molar-refractivity contribution in [3.63, 3.8) is 0 Å². The summed E-state index contributed by atoms with van der Waals surface area (Å²) >= 11 is 3.21. The van der Waals surface area contributed by atoms with Crippen LogP contribution in [0.25, 0.3) is 17.1 Å². The average Bonchev–Trinajstić information content (AvgIpc) is 3.12. The maximum absolute atomic E-state index is 11.9. The van der Waals surface area contributed by atoms with Crippen molar-refractivity contribution in [3.8, 4) is 17.1 Å². The zero-order chi connectivity index (χ0) is 18.3. The van der Waals surface area contributed by atoms with E-state index in [1.807, 2.05) is 6.92 Å². The minimum atomic E-state index is -0.732. The predicted molar refractivity (Wildman–Crippen MR) is 98.9 cm³/mol. The number of benzene rings is 1. The lowest BCUT2D eigenvalue weighted by Crippen LogP contribution is -2.15. The molecule has 0 aliphatic carbocycles. The van der Waals surface area contributed by atoms with Crippen LogP contribution < -0.4 is 17.2 Å². The zero-order valence-electron chi connectivity index (χ0n) is 13.2. The normalized spacial score (nSPS) is 10.8. The Balaban J connectivity index is 2.35. The number of primary amides is 1. The summed E-state index contributed by atoms with van der Waals surface area (Å²) in [5.74, 6) is -0.347. The molecular weight excluding hydrogens is 388 g/mol. The first kappa shape index (κ1) is 16.8. The maximum atomic E-state index is 11.9. The van der Waals surface area contributed by atoms with Gasteiger partial charge in [-0.25, -0.2) is 4.68 Å². The molecule has 0 spiro atoms. The molecule has 3 rings (SSSR count). The minimum Gasteiger partial charge on any atom is -0.448 e. The van der Waals surface area contributed by atoms with Gasteiger partial charge in [-0.15, -0.1) is 0 Å². The van der Waals surface area contributed by atoms with Crippen molar-refractivity contribution in [3.05, 3.63) is 45.6 Å². The number of nitrogen functional groups attached to an aromatic ring is 2. The third-order valence-corrected chi connectivity index (χ3v) is 4.21. The van der Waals surface area contributed by atoms with Gasteiger partial charge in [0.1, 0.15) is 17.1 Å². The Hall–Kier alpha value is -3.07. The second kappa shape index (κ2) is 6.10. The van der Waals surface area contributed by atoms with E-state index in [-0.39, 0.29) is 17.1 Å². The van der Waals surface area contributed by atoms with Crippen LogP contribution in [-0.2, 0) is 0 Å². The first-order valence-electron chi connectivity index (χ1n) is 7.19. The van der Waals surface area contributed by atoms with Crippen LogP contribution in [0.1, 0.15) is 21.5 Å². The van der Waals surface area contributed by atoms with E-state index in [1.54, 1.807) is 24.3 Å². The van der Waals surface area contributed by atoms with Gasteiger partial charge in [0, 0.05) is 17.5 Å². The molecule has 7 N–H and O–H groups in total. The van der Waals surface area contributed by atoms with Gasteiger partial charge in [-0.3, -0.25) is 4.79 Å².